The van der Waals surface area contributed by atoms with E-state index in [0.717, 1.165) is 31.0 Å². The lowest BCUT2D eigenvalue weighted by molar-refractivity contribution is -0.136. The van der Waals surface area contributed by atoms with E-state index in [1.54, 1.807) is 0 Å². The quantitative estimate of drug-likeness (QED) is 0.721. The van der Waals surface area contributed by atoms with Gasteiger partial charge in [0.2, 0.25) is 0 Å². The number of rotatable bonds is 2. The lowest BCUT2D eigenvalue weighted by atomic mass is 9.93. The Labute approximate surface area is 147 Å². The number of aromatic nitrogens is 1. The predicted octanol–water partition coefficient (Wildman–Crippen LogP) is 5.10. The van der Waals surface area contributed by atoms with Gasteiger partial charge in [0.25, 0.3) is 0 Å². The molecule has 0 aliphatic heterocycles. The van der Waals surface area contributed by atoms with Gasteiger partial charge in [-0.3, -0.25) is 0 Å². The molecule has 0 saturated carbocycles. The van der Waals surface area contributed by atoms with E-state index in [-0.39, 0.29) is 10.8 Å². The summed E-state index contributed by atoms with van der Waals surface area (Å²) in [5, 5.41) is 6.25. The number of hydrogen-bond acceptors (Lipinski definition) is 3. The van der Waals surface area contributed by atoms with E-state index in [1.807, 2.05) is 0 Å². The van der Waals surface area contributed by atoms with Crippen LogP contribution in [0.2, 0.25) is 0 Å². The Hall–Kier alpha value is -1.67. The van der Waals surface area contributed by atoms with Gasteiger partial charge >= 0.3 is 6.18 Å². The van der Waals surface area contributed by atoms with E-state index in [9.17, 15) is 13.2 Å². The van der Waals surface area contributed by atoms with Gasteiger partial charge in [0.15, 0.2) is 10.2 Å². The molecule has 128 valence electrons. The largest absolute Gasteiger partial charge is 0.418 e. The van der Waals surface area contributed by atoms with Crippen molar-refractivity contribution in [2.45, 2.75) is 32.4 Å². The second kappa shape index (κ2) is 6.68. The van der Waals surface area contributed by atoms with Crippen LogP contribution in [-0.2, 0) is 19.0 Å². The van der Waals surface area contributed by atoms with Crippen molar-refractivity contribution in [2.75, 3.05) is 10.6 Å². The maximum Gasteiger partial charge on any atom is 0.418 e. The third kappa shape index (κ3) is 3.87. The number of thiocarbonyl (C=S) groups is 1. The lowest BCUT2D eigenvalue weighted by Gasteiger charge is -2.15. The van der Waals surface area contributed by atoms with Crippen LogP contribution in [0.15, 0.2) is 24.3 Å². The first-order valence-electron chi connectivity index (χ1n) is 7.55. The van der Waals surface area contributed by atoms with Crippen molar-refractivity contribution in [1.82, 2.24) is 4.98 Å². The van der Waals surface area contributed by atoms with E-state index >= 15 is 0 Å². The summed E-state index contributed by atoms with van der Waals surface area (Å²) in [6, 6.07) is 5.25. The standard InChI is InChI=1S/C16H16F3N3S2/c1-9-6-7-12-13(8-9)24-15(21-12)22-14(23)20-11-5-3-2-4-10(11)16(17,18)19/h2-5,9H,6-8H2,1H3,(H2,20,21,22,23). The monoisotopic (exact) mass is 371 g/mol. The van der Waals surface area contributed by atoms with Gasteiger partial charge < -0.3 is 10.6 Å². The van der Waals surface area contributed by atoms with E-state index in [2.05, 4.69) is 22.5 Å². The van der Waals surface area contributed by atoms with Crippen molar-refractivity contribution in [3.63, 3.8) is 0 Å². The molecule has 0 radical (unpaired) electrons. The van der Waals surface area contributed by atoms with Gasteiger partial charge in [-0.1, -0.05) is 19.1 Å². The van der Waals surface area contributed by atoms with Gasteiger partial charge in [-0.25, -0.2) is 4.98 Å². The summed E-state index contributed by atoms with van der Waals surface area (Å²) in [6.45, 7) is 2.20. The van der Waals surface area contributed by atoms with Crippen LogP contribution in [0.3, 0.4) is 0 Å². The Balaban J connectivity index is 1.71. The van der Waals surface area contributed by atoms with Crippen molar-refractivity contribution in [2.24, 2.45) is 5.92 Å². The second-order valence-electron chi connectivity index (χ2n) is 5.86. The molecule has 1 aromatic carbocycles. The molecule has 1 unspecified atom stereocenters. The average molecular weight is 371 g/mol. The molecule has 8 heteroatoms. The smallest absolute Gasteiger partial charge is 0.332 e. The summed E-state index contributed by atoms with van der Waals surface area (Å²) in [5.74, 6) is 0.634. The van der Waals surface area contributed by atoms with E-state index in [1.165, 1.54) is 34.4 Å². The molecule has 0 fully saturated rings. The zero-order chi connectivity index (χ0) is 17.3. The van der Waals surface area contributed by atoms with Gasteiger partial charge in [0.1, 0.15) is 0 Å². The number of anilines is 2. The molecule has 3 rings (SSSR count). The fourth-order valence-electron chi connectivity index (χ4n) is 2.68. The third-order valence-electron chi connectivity index (χ3n) is 3.89. The Kier molecular flexibility index (Phi) is 4.78. The van der Waals surface area contributed by atoms with Crippen LogP contribution in [0.25, 0.3) is 0 Å². The van der Waals surface area contributed by atoms with Crippen molar-refractivity contribution in [3.8, 4) is 0 Å². The highest BCUT2D eigenvalue weighted by molar-refractivity contribution is 7.80. The van der Waals surface area contributed by atoms with Crippen LogP contribution in [0.5, 0.6) is 0 Å². The van der Waals surface area contributed by atoms with Crippen molar-refractivity contribution in [1.29, 1.82) is 0 Å². The molecule has 24 heavy (non-hydrogen) atoms. The Morgan fingerprint density at radius 3 is 2.79 bits per heavy atom. The van der Waals surface area contributed by atoms with Crippen LogP contribution in [0.1, 0.15) is 29.5 Å². The van der Waals surface area contributed by atoms with Crippen LogP contribution >= 0.6 is 23.6 Å². The number of nitrogens with one attached hydrogen (secondary N) is 2. The maximum absolute atomic E-state index is 13.0. The first-order valence-corrected chi connectivity index (χ1v) is 8.78. The van der Waals surface area contributed by atoms with Crippen molar-refractivity contribution < 1.29 is 13.2 Å². The highest BCUT2D eigenvalue weighted by atomic mass is 32.1. The van der Waals surface area contributed by atoms with E-state index < -0.39 is 11.7 Å². The first kappa shape index (κ1) is 17.2. The number of aryl methyl sites for hydroxylation is 1. The fourth-order valence-corrected chi connectivity index (χ4v) is 4.13. The highest BCUT2D eigenvalue weighted by Gasteiger charge is 2.33. The maximum atomic E-state index is 13.0. The zero-order valence-electron chi connectivity index (χ0n) is 12.9. The molecule has 0 amide bonds. The third-order valence-corrected chi connectivity index (χ3v) is 5.13. The molecule has 1 aliphatic rings. The Morgan fingerprint density at radius 2 is 2.04 bits per heavy atom. The molecule has 0 bridgehead atoms. The van der Waals surface area contributed by atoms with Crippen molar-refractivity contribution in [3.05, 3.63) is 40.4 Å². The number of benzene rings is 1. The number of thiazole rings is 1. The molecule has 3 nitrogen and oxygen atoms in total. The normalized spacial score (nSPS) is 17.2. The molecule has 2 aromatic rings. The SMILES string of the molecule is CC1CCc2nc(NC(=S)Nc3ccccc3C(F)(F)F)sc2C1. The van der Waals surface area contributed by atoms with Gasteiger partial charge in [-0.15, -0.1) is 11.3 Å². The van der Waals surface area contributed by atoms with Gasteiger partial charge in [-0.05, 0) is 49.5 Å². The Morgan fingerprint density at radius 1 is 1.29 bits per heavy atom. The number of nitrogens with zero attached hydrogens (tertiary/aromatic N) is 1. The molecular formula is C16H16F3N3S2. The summed E-state index contributed by atoms with van der Waals surface area (Å²) in [6.07, 6.45) is -1.40. The fraction of sp³-hybridized carbons (Fsp3) is 0.375. The van der Waals surface area contributed by atoms with E-state index in [4.69, 9.17) is 12.2 Å². The molecule has 1 heterocycles. The molecule has 1 aromatic heterocycles. The average Bonchev–Trinajstić information content (AvgIpc) is 2.87. The van der Waals surface area contributed by atoms with Gasteiger partial charge in [0.05, 0.1) is 16.9 Å². The summed E-state index contributed by atoms with van der Waals surface area (Å²) < 4.78 is 39.0. The van der Waals surface area contributed by atoms with Crippen LogP contribution in [0, 0.1) is 5.92 Å². The molecule has 0 spiro atoms. The number of alkyl halides is 3. The minimum Gasteiger partial charge on any atom is -0.332 e. The van der Waals surface area contributed by atoms with E-state index in [0.29, 0.717) is 11.0 Å². The zero-order valence-corrected chi connectivity index (χ0v) is 14.5. The molecule has 1 atom stereocenters. The van der Waals surface area contributed by atoms with Crippen LogP contribution in [-0.4, -0.2) is 10.1 Å². The summed E-state index contributed by atoms with van der Waals surface area (Å²) in [7, 11) is 0. The summed E-state index contributed by atoms with van der Waals surface area (Å²) in [5.41, 5.74) is 0.248. The lowest BCUT2D eigenvalue weighted by Crippen LogP contribution is -2.21. The minimum atomic E-state index is -4.43. The number of fused-ring (bicyclic) bond motifs is 1. The van der Waals surface area contributed by atoms with Crippen LogP contribution < -0.4 is 10.6 Å². The van der Waals surface area contributed by atoms with Crippen molar-refractivity contribution >= 4 is 39.5 Å². The molecule has 2 N–H and O–H groups in total. The van der Waals surface area contributed by atoms with Crippen LogP contribution in [0.4, 0.5) is 24.0 Å². The molecular weight excluding hydrogens is 355 g/mol. The van der Waals surface area contributed by atoms with Gasteiger partial charge in [-0.2, -0.15) is 13.2 Å². The minimum absolute atomic E-state index is 0.0718. The number of halogens is 3. The topological polar surface area (TPSA) is 37.0 Å². The first-order chi connectivity index (χ1) is 11.3. The second-order valence-corrected chi connectivity index (χ2v) is 7.35. The molecule has 0 saturated heterocycles. The number of hydrogen-bond donors (Lipinski definition) is 2. The summed E-state index contributed by atoms with van der Waals surface area (Å²) >= 11 is 6.66. The molecule has 1 aliphatic carbocycles. The summed E-state index contributed by atoms with van der Waals surface area (Å²) in [4.78, 5) is 5.73. The highest BCUT2D eigenvalue weighted by Crippen LogP contribution is 2.35. The Bertz CT molecular complexity index is 755. The predicted molar refractivity (Wildman–Crippen MR) is 94.6 cm³/mol. The van der Waals surface area contributed by atoms with Gasteiger partial charge in [0, 0.05) is 4.88 Å². The number of para-hydroxylation sites is 1.